The Hall–Kier alpha value is -2.73. The van der Waals surface area contributed by atoms with Crippen molar-refractivity contribution in [2.24, 2.45) is 0 Å². The first-order chi connectivity index (χ1) is 13.7. The zero-order chi connectivity index (χ0) is 19.3. The number of carbonyl (C=O) groups excluding carboxylic acids is 1. The van der Waals surface area contributed by atoms with Crippen molar-refractivity contribution in [3.63, 3.8) is 0 Å². The van der Waals surface area contributed by atoms with E-state index in [-0.39, 0.29) is 17.8 Å². The Balaban J connectivity index is 1.28. The molecule has 0 bridgehead atoms. The number of nitrogens with zero attached hydrogens (tertiary/aromatic N) is 3. The number of hydrogen-bond donors (Lipinski definition) is 1. The third-order valence-corrected chi connectivity index (χ3v) is 5.33. The number of rotatable bonds is 6. The van der Waals surface area contributed by atoms with Gasteiger partial charge >= 0.3 is 0 Å². The number of hydrogen-bond acceptors (Lipinski definition) is 3. The van der Waals surface area contributed by atoms with Gasteiger partial charge in [0.2, 0.25) is 5.91 Å². The molecule has 2 aromatic carbocycles. The van der Waals surface area contributed by atoms with Gasteiger partial charge in [-0.3, -0.25) is 9.69 Å². The third-order valence-electron chi connectivity index (χ3n) is 5.33. The summed E-state index contributed by atoms with van der Waals surface area (Å²) in [7, 11) is 0. The minimum Gasteiger partial charge on any atom is -0.352 e. The maximum absolute atomic E-state index is 13.9. The molecule has 1 fully saturated rings. The fourth-order valence-electron chi connectivity index (χ4n) is 3.89. The van der Waals surface area contributed by atoms with Gasteiger partial charge in [0.25, 0.3) is 0 Å². The second-order valence-electron chi connectivity index (χ2n) is 7.41. The van der Waals surface area contributed by atoms with Crippen LogP contribution in [-0.2, 0) is 17.9 Å². The Bertz CT molecular complexity index is 954. The molecule has 6 heteroatoms. The smallest absolute Gasteiger partial charge is 0.222 e. The lowest BCUT2D eigenvalue weighted by Crippen LogP contribution is -2.47. The highest BCUT2D eigenvalue weighted by Crippen LogP contribution is 2.16. The number of benzene rings is 2. The number of amides is 1. The van der Waals surface area contributed by atoms with Gasteiger partial charge in [0.05, 0.1) is 17.4 Å². The second kappa shape index (κ2) is 8.52. The van der Waals surface area contributed by atoms with Gasteiger partial charge < -0.3 is 9.88 Å². The quantitative estimate of drug-likeness (QED) is 0.714. The number of halogens is 1. The molecule has 2 heterocycles. The van der Waals surface area contributed by atoms with Crippen LogP contribution in [0.5, 0.6) is 0 Å². The van der Waals surface area contributed by atoms with Crippen LogP contribution < -0.4 is 5.32 Å². The predicted molar refractivity (Wildman–Crippen MR) is 107 cm³/mol. The van der Waals surface area contributed by atoms with Crippen molar-refractivity contribution < 1.29 is 9.18 Å². The standard InChI is InChI=1S/C22H25FN4O/c23-19-8-2-1-6-17(19)14-26-12-5-7-18(15-26)25-22(28)11-13-27-16-24-20-9-3-4-10-21(20)27/h1-4,6,8-10,16,18H,5,7,11-15H2,(H,25,28). The van der Waals surface area contributed by atoms with E-state index >= 15 is 0 Å². The molecule has 0 radical (unpaired) electrons. The van der Waals surface area contributed by atoms with Gasteiger partial charge in [-0.15, -0.1) is 0 Å². The van der Waals surface area contributed by atoms with Crippen LogP contribution in [0.2, 0.25) is 0 Å². The predicted octanol–water partition coefficient (Wildman–Crippen LogP) is 3.35. The first-order valence-electron chi connectivity index (χ1n) is 9.84. The molecule has 0 spiro atoms. The number of nitrogens with one attached hydrogen (secondary N) is 1. The van der Waals surface area contributed by atoms with Crippen LogP contribution in [0.1, 0.15) is 24.8 Å². The van der Waals surface area contributed by atoms with Crippen molar-refractivity contribution in [2.75, 3.05) is 13.1 Å². The van der Waals surface area contributed by atoms with Crippen LogP contribution >= 0.6 is 0 Å². The maximum atomic E-state index is 13.9. The molecule has 1 saturated heterocycles. The number of imidazole rings is 1. The molecule has 146 valence electrons. The lowest BCUT2D eigenvalue weighted by atomic mass is 10.0. The van der Waals surface area contributed by atoms with E-state index in [4.69, 9.17) is 0 Å². The summed E-state index contributed by atoms with van der Waals surface area (Å²) < 4.78 is 15.9. The molecule has 1 aliphatic heterocycles. The molecule has 5 nitrogen and oxygen atoms in total. The van der Waals surface area contributed by atoms with Crippen LogP contribution in [-0.4, -0.2) is 39.5 Å². The van der Waals surface area contributed by atoms with Gasteiger partial charge in [-0.05, 0) is 37.6 Å². The lowest BCUT2D eigenvalue weighted by Gasteiger charge is -2.33. The highest BCUT2D eigenvalue weighted by atomic mass is 19.1. The van der Waals surface area contributed by atoms with Crippen molar-refractivity contribution in [3.05, 3.63) is 66.2 Å². The van der Waals surface area contributed by atoms with Gasteiger partial charge in [-0.25, -0.2) is 9.37 Å². The summed E-state index contributed by atoms with van der Waals surface area (Å²) in [4.78, 5) is 19.0. The van der Waals surface area contributed by atoms with Crippen LogP contribution in [0.3, 0.4) is 0 Å². The van der Waals surface area contributed by atoms with Crippen LogP contribution in [0.15, 0.2) is 54.9 Å². The molecule has 1 unspecified atom stereocenters. The van der Waals surface area contributed by atoms with E-state index in [1.54, 1.807) is 12.4 Å². The Labute approximate surface area is 164 Å². The van der Waals surface area contributed by atoms with Crippen LogP contribution in [0.4, 0.5) is 4.39 Å². The monoisotopic (exact) mass is 380 g/mol. The Morgan fingerprint density at radius 2 is 2.00 bits per heavy atom. The minimum atomic E-state index is -0.166. The van der Waals surface area contributed by atoms with Gasteiger partial charge in [0.1, 0.15) is 5.82 Å². The first kappa shape index (κ1) is 18.6. The molecular weight excluding hydrogens is 355 g/mol. The topological polar surface area (TPSA) is 50.2 Å². The Morgan fingerprint density at radius 1 is 1.18 bits per heavy atom. The summed E-state index contributed by atoms with van der Waals surface area (Å²) in [5.74, 6) is -0.114. The first-order valence-corrected chi connectivity index (χ1v) is 9.84. The molecule has 1 N–H and O–H groups in total. The molecule has 1 atom stereocenters. The maximum Gasteiger partial charge on any atom is 0.222 e. The summed E-state index contributed by atoms with van der Waals surface area (Å²) >= 11 is 0. The van der Waals surface area contributed by atoms with E-state index in [2.05, 4.69) is 15.2 Å². The van der Waals surface area contributed by atoms with Crippen molar-refractivity contribution in [1.29, 1.82) is 0 Å². The molecule has 1 amide bonds. The average Bonchev–Trinajstić information content (AvgIpc) is 3.12. The number of fused-ring (bicyclic) bond motifs is 1. The number of aromatic nitrogens is 2. The normalized spacial score (nSPS) is 17.7. The van der Waals surface area contributed by atoms with Gasteiger partial charge in [-0.1, -0.05) is 30.3 Å². The molecule has 28 heavy (non-hydrogen) atoms. The Kier molecular flexibility index (Phi) is 5.67. The Morgan fingerprint density at radius 3 is 2.89 bits per heavy atom. The molecule has 3 aromatic rings. The summed E-state index contributed by atoms with van der Waals surface area (Å²) in [6.07, 6.45) is 4.18. The summed E-state index contributed by atoms with van der Waals surface area (Å²) in [6.45, 7) is 2.88. The molecule has 0 aliphatic carbocycles. The molecule has 4 rings (SSSR count). The van der Waals surface area contributed by atoms with E-state index in [1.165, 1.54) is 6.07 Å². The van der Waals surface area contributed by atoms with Gasteiger partial charge in [-0.2, -0.15) is 0 Å². The molecular formula is C22H25FN4O. The van der Waals surface area contributed by atoms with Crippen molar-refractivity contribution in [1.82, 2.24) is 19.8 Å². The van der Waals surface area contributed by atoms with E-state index in [1.807, 2.05) is 41.0 Å². The van der Waals surface area contributed by atoms with E-state index in [0.717, 1.165) is 37.0 Å². The zero-order valence-electron chi connectivity index (χ0n) is 15.9. The van der Waals surface area contributed by atoms with Crippen LogP contribution in [0.25, 0.3) is 11.0 Å². The average molecular weight is 380 g/mol. The highest BCUT2D eigenvalue weighted by Gasteiger charge is 2.22. The summed E-state index contributed by atoms with van der Waals surface area (Å²) in [5, 5.41) is 3.15. The number of carbonyl (C=O) groups is 1. The minimum absolute atomic E-state index is 0.0514. The summed E-state index contributed by atoms with van der Waals surface area (Å²) in [5.41, 5.74) is 2.70. The number of likely N-dealkylation sites (tertiary alicyclic amines) is 1. The fourth-order valence-corrected chi connectivity index (χ4v) is 3.89. The van der Waals surface area contributed by atoms with Crippen molar-refractivity contribution in [3.8, 4) is 0 Å². The van der Waals surface area contributed by atoms with Crippen LogP contribution in [0, 0.1) is 5.82 Å². The molecule has 1 aliphatic rings. The number of piperidine rings is 1. The zero-order valence-corrected chi connectivity index (χ0v) is 15.9. The highest BCUT2D eigenvalue weighted by molar-refractivity contribution is 5.77. The van der Waals surface area contributed by atoms with Gasteiger partial charge in [0, 0.05) is 37.7 Å². The van der Waals surface area contributed by atoms with E-state index in [0.29, 0.717) is 25.1 Å². The van der Waals surface area contributed by atoms with Gasteiger partial charge in [0.15, 0.2) is 0 Å². The fraction of sp³-hybridized carbons (Fsp3) is 0.364. The van der Waals surface area contributed by atoms with Crippen molar-refractivity contribution in [2.45, 2.75) is 38.4 Å². The SMILES string of the molecule is O=C(CCn1cnc2ccccc21)NC1CCCN(Cc2ccccc2F)C1. The van der Waals surface area contributed by atoms with E-state index in [9.17, 15) is 9.18 Å². The largest absolute Gasteiger partial charge is 0.352 e. The van der Waals surface area contributed by atoms with Crippen molar-refractivity contribution >= 4 is 16.9 Å². The summed E-state index contributed by atoms with van der Waals surface area (Å²) in [6, 6.07) is 14.9. The lowest BCUT2D eigenvalue weighted by molar-refractivity contribution is -0.122. The number of aryl methyl sites for hydroxylation is 1. The van der Waals surface area contributed by atoms with E-state index < -0.39 is 0 Å². The molecule has 0 saturated carbocycles. The number of para-hydroxylation sites is 2. The second-order valence-corrected chi connectivity index (χ2v) is 7.41. The third kappa shape index (κ3) is 4.39. The molecule has 1 aromatic heterocycles.